The lowest BCUT2D eigenvalue weighted by molar-refractivity contribution is 0.240. The van der Waals surface area contributed by atoms with Crippen molar-refractivity contribution in [3.05, 3.63) is 35.9 Å². The summed E-state index contributed by atoms with van der Waals surface area (Å²) < 4.78 is 0. The molecule has 1 saturated heterocycles. The zero-order valence-corrected chi connectivity index (χ0v) is 14.6. The van der Waals surface area contributed by atoms with Crippen LogP contribution in [-0.2, 0) is 6.54 Å². The Morgan fingerprint density at radius 1 is 1.29 bits per heavy atom. The van der Waals surface area contributed by atoms with Crippen LogP contribution in [0.25, 0.3) is 0 Å². The molecule has 118 valence electrons. The third-order valence-corrected chi connectivity index (χ3v) is 5.58. The Bertz CT molecular complexity index is 405. The quantitative estimate of drug-likeness (QED) is 0.775. The van der Waals surface area contributed by atoms with E-state index in [0.29, 0.717) is 11.5 Å². The molecule has 2 rings (SSSR count). The van der Waals surface area contributed by atoms with E-state index in [2.05, 4.69) is 73.2 Å². The van der Waals surface area contributed by atoms with Crippen molar-refractivity contribution >= 4 is 11.8 Å². The topological polar surface area (TPSA) is 15.3 Å². The van der Waals surface area contributed by atoms with Crippen LogP contribution in [0.5, 0.6) is 0 Å². The summed E-state index contributed by atoms with van der Waals surface area (Å²) in [5.41, 5.74) is 1.86. The predicted molar refractivity (Wildman–Crippen MR) is 94.9 cm³/mol. The van der Waals surface area contributed by atoms with Gasteiger partial charge in [0, 0.05) is 18.3 Å². The van der Waals surface area contributed by atoms with Gasteiger partial charge in [0.15, 0.2) is 0 Å². The fourth-order valence-corrected chi connectivity index (χ4v) is 4.51. The molecule has 0 aliphatic carbocycles. The second-order valence-electron chi connectivity index (χ2n) is 6.90. The zero-order valence-electron chi connectivity index (χ0n) is 13.8. The lowest BCUT2D eigenvalue weighted by Crippen LogP contribution is -2.47. The van der Waals surface area contributed by atoms with E-state index in [1.54, 1.807) is 0 Å². The smallest absolute Gasteiger partial charge is 0.0230 e. The molecule has 1 fully saturated rings. The molecule has 0 spiro atoms. The molecule has 1 aromatic rings. The minimum Gasteiger partial charge on any atom is -0.313 e. The van der Waals surface area contributed by atoms with E-state index in [1.165, 1.54) is 29.9 Å². The Balaban J connectivity index is 1.63. The summed E-state index contributed by atoms with van der Waals surface area (Å²) in [4.78, 5) is 2.41. The Kier molecular flexibility index (Phi) is 6.59. The molecule has 1 aliphatic heterocycles. The van der Waals surface area contributed by atoms with Gasteiger partial charge >= 0.3 is 0 Å². The van der Waals surface area contributed by atoms with Gasteiger partial charge in [-0.1, -0.05) is 44.2 Å². The van der Waals surface area contributed by atoms with Gasteiger partial charge in [0.25, 0.3) is 0 Å². The van der Waals surface area contributed by atoms with Gasteiger partial charge in [0.2, 0.25) is 0 Å². The number of nitrogens with one attached hydrogen (secondary N) is 1. The first-order valence-corrected chi connectivity index (χ1v) is 9.27. The Morgan fingerprint density at radius 3 is 2.76 bits per heavy atom. The number of hydrogen-bond donors (Lipinski definition) is 1. The molecule has 1 aliphatic rings. The predicted octanol–water partition coefficient (Wildman–Crippen LogP) is 3.63. The number of nitrogens with zero attached hydrogens (tertiary/aromatic N) is 1. The summed E-state index contributed by atoms with van der Waals surface area (Å²) in [6.45, 7) is 8.15. The van der Waals surface area contributed by atoms with Crippen LogP contribution in [0.4, 0.5) is 0 Å². The van der Waals surface area contributed by atoms with E-state index in [-0.39, 0.29) is 0 Å². The fourth-order valence-electron chi connectivity index (χ4n) is 2.87. The van der Waals surface area contributed by atoms with Gasteiger partial charge in [-0.15, -0.1) is 0 Å². The van der Waals surface area contributed by atoms with Crippen molar-refractivity contribution in [3.63, 3.8) is 0 Å². The summed E-state index contributed by atoms with van der Waals surface area (Å²) in [5, 5.41) is 3.78. The molecule has 1 heterocycles. The first kappa shape index (κ1) is 16.9. The fraction of sp³-hybridized carbons (Fsp3) is 0.667. The van der Waals surface area contributed by atoms with Crippen LogP contribution < -0.4 is 5.32 Å². The van der Waals surface area contributed by atoms with Crippen molar-refractivity contribution in [1.29, 1.82) is 0 Å². The lowest BCUT2D eigenvalue weighted by atomic mass is 9.82. The van der Waals surface area contributed by atoms with E-state index in [9.17, 15) is 0 Å². The number of rotatable bonds is 7. The lowest BCUT2D eigenvalue weighted by Gasteiger charge is -2.39. The molecule has 0 aromatic heterocycles. The zero-order chi connectivity index (χ0) is 15.1. The van der Waals surface area contributed by atoms with Crippen molar-refractivity contribution in [2.75, 3.05) is 31.6 Å². The average Bonchev–Trinajstić information content (AvgIpc) is 2.46. The number of hydrogen-bond acceptors (Lipinski definition) is 3. The van der Waals surface area contributed by atoms with Gasteiger partial charge in [-0.3, -0.25) is 0 Å². The highest BCUT2D eigenvalue weighted by Gasteiger charge is 2.31. The first-order chi connectivity index (χ1) is 10.1. The largest absolute Gasteiger partial charge is 0.313 e. The second kappa shape index (κ2) is 8.21. The van der Waals surface area contributed by atoms with Gasteiger partial charge in [0.1, 0.15) is 0 Å². The SMILES string of the molecule is CN(CCCNC1CSCCC1(C)C)Cc1ccccc1. The van der Waals surface area contributed by atoms with Crippen molar-refractivity contribution in [2.45, 2.75) is 39.3 Å². The first-order valence-electron chi connectivity index (χ1n) is 8.11. The maximum Gasteiger partial charge on any atom is 0.0230 e. The van der Waals surface area contributed by atoms with Crippen LogP contribution in [0.15, 0.2) is 30.3 Å². The van der Waals surface area contributed by atoms with Crippen LogP contribution >= 0.6 is 11.8 Å². The van der Waals surface area contributed by atoms with Gasteiger partial charge in [-0.05, 0) is 49.7 Å². The summed E-state index contributed by atoms with van der Waals surface area (Å²) in [5.74, 6) is 2.60. The third kappa shape index (κ3) is 5.65. The Hall–Kier alpha value is -0.510. The van der Waals surface area contributed by atoms with Crippen molar-refractivity contribution < 1.29 is 0 Å². The maximum atomic E-state index is 3.78. The highest BCUT2D eigenvalue weighted by atomic mass is 32.2. The van der Waals surface area contributed by atoms with Gasteiger partial charge in [0.05, 0.1) is 0 Å². The van der Waals surface area contributed by atoms with Gasteiger partial charge in [-0.25, -0.2) is 0 Å². The van der Waals surface area contributed by atoms with E-state index in [4.69, 9.17) is 0 Å². The third-order valence-electron chi connectivity index (χ3n) is 4.52. The van der Waals surface area contributed by atoms with Crippen molar-refractivity contribution in [3.8, 4) is 0 Å². The second-order valence-corrected chi connectivity index (χ2v) is 8.05. The monoisotopic (exact) mass is 306 g/mol. The average molecular weight is 307 g/mol. The normalized spacial score (nSPS) is 21.6. The highest BCUT2D eigenvalue weighted by Crippen LogP contribution is 2.33. The summed E-state index contributed by atoms with van der Waals surface area (Å²) in [6.07, 6.45) is 2.56. The number of benzene rings is 1. The van der Waals surface area contributed by atoms with E-state index in [0.717, 1.165) is 19.6 Å². The Morgan fingerprint density at radius 2 is 2.05 bits per heavy atom. The molecule has 0 saturated carbocycles. The molecule has 0 bridgehead atoms. The molecular weight excluding hydrogens is 276 g/mol. The van der Waals surface area contributed by atoms with Crippen molar-refractivity contribution in [1.82, 2.24) is 10.2 Å². The summed E-state index contributed by atoms with van der Waals surface area (Å²) in [7, 11) is 2.22. The molecule has 2 nitrogen and oxygen atoms in total. The minimum absolute atomic E-state index is 0.460. The molecule has 1 unspecified atom stereocenters. The van der Waals surface area contributed by atoms with Gasteiger partial charge < -0.3 is 10.2 Å². The molecule has 3 heteroatoms. The molecule has 1 N–H and O–H groups in total. The van der Waals surface area contributed by atoms with Crippen LogP contribution in [-0.4, -0.2) is 42.6 Å². The van der Waals surface area contributed by atoms with E-state index < -0.39 is 0 Å². The van der Waals surface area contributed by atoms with Crippen molar-refractivity contribution in [2.24, 2.45) is 5.41 Å². The van der Waals surface area contributed by atoms with Crippen LogP contribution in [0, 0.1) is 5.41 Å². The molecule has 1 aromatic carbocycles. The maximum absolute atomic E-state index is 3.78. The van der Waals surface area contributed by atoms with Crippen LogP contribution in [0.1, 0.15) is 32.3 Å². The summed E-state index contributed by atoms with van der Waals surface area (Å²) in [6, 6.07) is 11.4. The Labute approximate surface area is 134 Å². The standard InChI is InChI=1S/C18H30N2S/c1-18(2)10-13-21-15-17(18)19-11-7-12-20(3)14-16-8-5-4-6-9-16/h4-6,8-9,17,19H,7,10-15H2,1-3H3. The van der Waals surface area contributed by atoms with E-state index >= 15 is 0 Å². The minimum atomic E-state index is 0.460. The molecule has 0 amide bonds. The van der Waals surface area contributed by atoms with Gasteiger partial charge in [-0.2, -0.15) is 11.8 Å². The number of thioether (sulfide) groups is 1. The molecule has 21 heavy (non-hydrogen) atoms. The van der Waals surface area contributed by atoms with E-state index in [1.807, 2.05) is 0 Å². The van der Waals surface area contributed by atoms with Crippen LogP contribution in [0.3, 0.4) is 0 Å². The van der Waals surface area contributed by atoms with Crippen LogP contribution in [0.2, 0.25) is 0 Å². The highest BCUT2D eigenvalue weighted by molar-refractivity contribution is 7.99. The molecule has 0 radical (unpaired) electrons. The molecule has 1 atom stereocenters. The molecular formula is C18H30N2S. The summed E-state index contributed by atoms with van der Waals surface area (Å²) >= 11 is 2.10.